The van der Waals surface area contributed by atoms with Gasteiger partial charge in [-0.1, -0.05) is 35.3 Å². The Bertz CT molecular complexity index is 1730. The number of nitrogens with one attached hydrogen (secondary N) is 1. The van der Waals surface area contributed by atoms with Crippen molar-refractivity contribution in [3.05, 3.63) is 81.7 Å². The summed E-state index contributed by atoms with van der Waals surface area (Å²) >= 11 is 12.1. The van der Waals surface area contributed by atoms with Gasteiger partial charge in [0.15, 0.2) is 5.78 Å². The standard InChI is InChI=1S/C31H35Cl2N3O11S/c1-19(28(38)20-7-5-8-21(32)13-20)36(31(2,3)4)30(40)47-18-46-27(37)17-43-11-12-45-29(39)23-14-26(48(34,41)42)24(33)15-25(23)35-16-22-9-6-10-44-22/h5-10,13-15,19,35H,11-12,16-18H2,1-4H3,(H2,34,41,42). The molecule has 17 heteroatoms. The second kappa shape index (κ2) is 16.8. The Kier molecular flexibility index (Phi) is 13.4. The van der Waals surface area contributed by atoms with Crippen molar-refractivity contribution in [2.75, 3.05) is 31.9 Å². The number of hydrogen-bond donors (Lipinski definition) is 2. The van der Waals surface area contributed by atoms with Crippen molar-refractivity contribution in [1.29, 1.82) is 0 Å². The summed E-state index contributed by atoms with van der Waals surface area (Å²) in [5.74, 6) is -1.65. The average molecular weight is 729 g/mol. The topological polar surface area (TPSA) is 194 Å². The average Bonchev–Trinajstić information content (AvgIpc) is 3.52. The van der Waals surface area contributed by atoms with Crippen molar-refractivity contribution >= 4 is 62.7 Å². The lowest BCUT2D eigenvalue weighted by atomic mass is 9.98. The van der Waals surface area contributed by atoms with Crippen LogP contribution in [0.25, 0.3) is 0 Å². The molecule has 14 nitrogen and oxygen atoms in total. The highest BCUT2D eigenvalue weighted by atomic mass is 35.5. The molecule has 0 aliphatic heterocycles. The molecule has 0 saturated heterocycles. The molecule has 0 radical (unpaired) electrons. The van der Waals surface area contributed by atoms with Crippen molar-refractivity contribution in [1.82, 2.24) is 4.90 Å². The monoisotopic (exact) mass is 727 g/mol. The van der Waals surface area contributed by atoms with Gasteiger partial charge in [-0.05, 0) is 64.1 Å². The SMILES string of the molecule is CC(C(=O)c1cccc(Cl)c1)N(C(=O)OCOC(=O)COCCOC(=O)c1cc(S(N)(=O)=O)c(Cl)cc1NCc1ccco1)C(C)(C)C. The van der Waals surface area contributed by atoms with Gasteiger partial charge in [0.2, 0.25) is 16.8 Å². The van der Waals surface area contributed by atoms with E-state index in [0.29, 0.717) is 16.3 Å². The van der Waals surface area contributed by atoms with Gasteiger partial charge < -0.3 is 28.7 Å². The summed E-state index contributed by atoms with van der Waals surface area (Å²) in [4.78, 5) is 51.7. The number of carbonyl (C=O) groups excluding carboxylic acids is 4. The first-order valence-corrected chi connectivity index (χ1v) is 16.6. The highest BCUT2D eigenvalue weighted by Crippen LogP contribution is 2.29. The fourth-order valence-electron chi connectivity index (χ4n) is 4.38. The second-order valence-electron chi connectivity index (χ2n) is 11.1. The largest absolute Gasteiger partial charge is 0.467 e. The van der Waals surface area contributed by atoms with Crippen molar-refractivity contribution in [3.8, 4) is 0 Å². The number of furan rings is 1. The third kappa shape index (κ3) is 11.0. The molecule has 0 spiro atoms. The summed E-state index contributed by atoms with van der Waals surface area (Å²) in [5.41, 5.74) is -0.544. The van der Waals surface area contributed by atoms with E-state index < -0.39 is 57.9 Å². The summed E-state index contributed by atoms with van der Waals surface area (Å²) in [7, 11) is -4.27. The first-order chi connectivity index (χ1) is 22.5. The number of hydrogen-bond acceptors (Lipinski definition) is 12. The molecule has 0 aliphatic rings. The van der Waals surface area contributed by atoms with Crippen LogP contribution in [0.3, 0.4) is 0 Å². The first-order valence-electron chi connectivity index (χ1n) is 14.3. The minimum Gasteiger partial charge on any atom is -0.467 e. The lowest BCUT2D eigenvalue weighted by molar-refractivity contribution is -0.158. The Morgan fingerprint density at radius 3 is 2.35 bits per heavy atom. The Morgan fingerprint density at radius 1 is 1.00 bits per heavy atom. The van der Waals surface area contributed by atoms with E-state index in [-0.39, 0.29) is 41.8 Å². The highest BCUT2D eigenvalue weighted by molar-refractivity contribution is 7.89. The Hall–Kier alpha value is -4.15. The predicted molar refractivity (Wildman–Crippen MR) is 174 cm³/mol. The van der Waals surface area contributed by atoms with Crippen LogP contribution in [-0.2, 0) is 40.3 Å². The van der Waals surface area contributed by atoms with Gasteiger partial charge in [0.05, 0.1) is 41.7 Å². The van der Waals surface area contributed by atoms with E-state index in [2.05, 4.69) is 5.32 Å². The molecule has 0 fully saturated rings. The molecule has 1 unspecified atom stereocenters. The number of Topliss-reactive ketones (excluding diaryl/α,β-unsaturated/α-hetero) is 1. The highest BCUT2D eigenvalue weighted by Gasteiger charge is 2.36. The third-order valence-electron chi connectivity index (χ3n) is 6.51. The molecule has 260 valence electrons. The molecule has 3 aromatic rings. The van der Waals surface area contributed by atoms with E-state index in [1.165, 1.54) is 23.3 Å². The van der Waals surface area contributed by atoms with Gasteiger partial charge in [0.1, 0.15) is 23.9 Å². The zero-order chi connectivity index (χ0) is 35.6. The predicted octanol–water partition coefficient (Wildman–Crippen LogP) is 5.03. The summed E-state index contributed by atoms with van der Waals surface area (Å²) < 4.78 is 49.5. The molecule has 0 aliphatic carbocycles. The molecule has 1 aromatic heterocycles. The molecule has 1 amide bonds. The number of primary sulfonamides is 1. The number of ketones is 1. The number of nitrogens with two attached hydrogens (primary N) is 1. The molecular weight excluding hydrogens is 693 g/mol. The van der Waals surface area contributed by atoms with Crippen LogP contribution in [0.2, 0.25) is 10.0 Å². The molecule has 1 atom stereocenters. The van der Waals surface area contributed by atoms with Crippen molar-refractivity contribution in [2.24, 2.45) is 5.14 Å². The number of halogens is 2. The van der Waals surface area contributed by atoms with E-state index in [4.69, 9.17) is 51.7 Å². The lowest BCUT2D eigenvalue weighted by Gasteiger charge is -2.38. The number of carbonyl (C=O) groups is 4. The van der Waals surface area contributed by atoms with Gasteiger partial charge in [-0.2, -0.15) is 0 Å². The third-order valence-corrected chi connectivity index (χ3v) is 8.12. The van der Waals surface area contributed by atoms with E-state index in [0.717, 1.165) is 6.07 Å². The Morgan fingerprint density at radius 2 is 1.73 bits per heavy atom. The first kappa shape index (κ1) is 38.3. The van der Waals surface area contributed by atoms with Gasteiger partial charge in [0.25, 0.3) is 0 Å². The van der Waals surface area contributed by atoms with Crippen LogP contribution in [0, 0.1) is 0 Å². The van der Waals surface area contributed by atoms with E-state index in [1.54, 1.807) is 58.0 Å². The number of benzene rings is 2. The molecule has 3 rings (SSSR count). The lowest BCUT2D eigenvalue weighted by Crippen LogP contribution is -2.53. The second-order valence-corrected chi connectivity index (χ2v) is 13.5. The number of amides is 1. The molecule has 2 aromatic carbocycles. The van der Waals surface area contributed by atoms with Crippen molar-refractivity contribution in [2.45, 2.75) is 50.7 Å². The smallest absolute Gasteiger partial charge is 0.413 e. The summed E-state index contributed by atoms with van der Waals surface area (Å²) in [5, 5.41) is 8.31. The van der Waals surface area contributed by atoms with Gasteiger partial charge >= 0.3 is 18.0 Å². The van der Waals surface area contributed by atoms with Crippen LogP contribution in [-0.4, -0.2) is 75.3 Å². The van der Waals surface area contributed by atoms with Crippen molar-refractivity contribution < 1.29 is 51.0 Å². The van der Waals surface area contributed by atoms with Crippen LogP contribution < -0.4 is 10.5 Å². The number of anilines is 1. The Balaban J connectivity index is 1.48. The van der Waals surface area contributed by atoms with Crippen molar-refractivity contribution in [3.63, 3.8) is 0 Å². The molecular formula is C31H35Cl2N3O11S. The number of sulfonamides is 1. The zero-order valence-electron chi connectivity index (χ0n) is 26.5. The maximum Gasteiger partial charge on any atom is 0.413 e. The van der Waals surface area contributed by atoms with Gasteiger partial charge in [0, 0.05) is 16.1 Å². The number of esters is 2. The van der Waals surface area contributed by atoms with E-state index in [9.17, 15) is 27.6 Å². The molecule has 3 N–H and O–H groups in total. The Labute approximate surface area is 287 Å². The normalized spacial score (nSPS) is 12.1. The fraction of sp³-hybridized carbons (Fsp3) is 0.355. The van der Waals surface area contributed by atoms with E-state index >= 15 is 0 Å². The minimum absolute atomic E-state index is 0.146. The summed E-state index contributed by atoms with van der Waals surface area (Å²) in [6.07, 6.45) is 0.568. The van der Waals surface area contributed by atoms with Crippen LogP contribution in [0.5, 0.6) is 0 Å². The summed E-state index contributed by atoms with van der Waals surface area (Å²) in [6, 6.07) is 11.0. The summed E-state index contributed by atoms with van der Waals surface area (Å²) in [6.45, 7) is 4.94. The maximum atomic E-state index is 13.0. The fourth-order valence-corrected chi connectivity index (χ4v) is 5.67. The van der Waals surface area contributed by atoms with Gasteiger partial charge in [-0.3, -0.25) is 9.69 Å². The quantitative estimate of drug-likeness (QED) is 0.0919. The van der Waals surface area contributed by atoms with Crippen LogP contribution in [0.4, 0.5) is 10.5 Å². The molecule has 48 heavy (non-hydrogen) atoms. The molecule has 0 saturated carbocycles. The van der Waals surface area contributed by atoms with Gasteiger partial charge in [-0.15, -0.1) is 0 Å². The number of nitrogens with zero attached hydrogens (tertiary/aromatic N) is 1. The maximum absolute atomic E-state index is 13.0. The molecule has 0 bridgehead atoms. The zero-order valence-corrected chi connectivity index (χ0v) is 28.8. The molecule has 1 heterocycles. The minimum atomic E-state index is -4.27. The van der Waals surface area contributed by atoms with E-state index in [1.807, 2.05) is 0 Å². The van der Waals surface area contributed by atoms with Gasteiger partial charge in [-0.25, -0.2) is 27.9 Å². The van der Waals surface area contributed by atoms with Crippen LogP contribution >= 0.6 is 23.2 Å². The number of rotatable bonds is 15. The number of ether oxygens (including phenoxy) is 4. The van der Waals surface area contributed by atoms with Crippen LogP contribution in [0.1, 0.15) is 54.2 Å². The van der Waals surface area contributed by atoms with Crippen LogP contribution in [0.15, 0.2) is 64.1 Å².